The van der Waals surface area contributed by atoms with Crippen LogP contribution in [0.3, 0.4) is 0 Å². The zero-order valence-corrected chi connectivity index (χ0v) is 10.5. The summed E-state index contributed by atoms with van der Waals surface area (Å²) in [6.45, 7) is 2.70. The van der Waals surface area contributed by atoms with Gasteiger partial charge in [-0.15, -0.1) is 0 Å². The van der Waals surface area contributed by atoms with Crippen molar-refractivity contribution in [2.75, 3.05) is 6.54 Å². The SMILES string of the molecule is Cc1ccccc1-c1cccc2c1O[C@@H](CN)C2. The molecular weight excluding hydrogens is 222 g/mol. The molecule has 0 amide bonds. The van der Waals surface area contributed by atoms with E-state index >= 15 is 0 Å². The molecule has 1 aliphatic rings. The number of nitrogens with two attached hydrogens (primary N) is 1. The van der Waals surface area contributed by atoms with Crippen molar-refractivity contribution in [3.8, 4) is 16.9 Å². The van der Waals surface area contributed by atoms with E-state index in [0.717, 1.165) is 12.2 Å². The van der Waals surface area contributed by atoms with Gasteiger partial charge in [0.25, 0.3) is 0 Å². The van der Waals surface area contributed by atoms with Gasteiger partial charge >= 0.3 is 0 Å². The average molecular weight is 239 g/mol. The molecule has 0 saturated heterocycles. The second kappa shape index (κ2) is 4.46. The fraction of sp³-hybridized carbons (Fsp3) is 0.250. The highest BCUT2D eigenvalue weighted by Gasteiger charge is 2.24. The Kier molecular flexibility index (Phi) is 2.80. The maximum Gasteiger partial charge on any atom is 0.130 e. The minimum Gasteiger partial charge on any atom is -0.488 e. The number of para-hydroxylation sites is 1. The maximum atomic E-state index is 5.97. The van der Waals surface area contributed by atoms with Crippen LogP contribution in [0.5, 0.6) is 5.75 Å². The van der Waals surface area contributed by atoms with Crippen molar-refractivity contribution >= 4 is 0 Å². The quantitative estimate of drug-likeness (QED) is 0.874. The van der Waals surface area contributed by atoms with Crippen LogP contribution < -0.4 is 10.5 Å². The molecule has 2 heteroatoms. The lowest BCUT2D eigenvalue weighted by Gasteiger charge is -2.12. The summed E-state index contributed by atoms with van der Waals surface area (Å²) in [5.74, 6) is 1.02. The van der Waals surface area contributed by atoms with Gasteiger partial charge in [0.2, 0.25) is 0 Å². The molecule has 0 bridgehead atoms. The molecule has 1 heterocycles. The minimum absolute atomic E-state index is 0.130. The fourth-order valence-corrected chi connectivity index (χ4v) is 2.56. The number of rotatable bonds is 2. The highest BCUT2D eigenvalue weighted by atomic mass is 16.5. The molecule has 0 unspecified atom stereocenters. The molecule has 2 N–H and O–H groups in total. The van der Waals surface area contributed by atoms with Crippen LogP contribution >= 0.6 is 0 Å². The molecule has 2 nitrogen and oxygen atoms in total. The van der Waals surface area contributed by atoms with E-state index < -0.39 is 0 Å². The first-order chi connectivity index (χ1) is 8.79. The number of ether oxygens (including phenoxy) is 1. The first-order valence-corrected chi connectivity index (χ1v) is 6.34. The Morgan fingerprint density at radius 2 is 1.89 bits per heavy atom. The number of aryl methyl sites for hydroxylation is 1. The van der Waals surface area contributed by atoms with Crippen molar-refractivity contribution < 1.29 is 4.74 Å². The standard InChI is InChI=1S/C16H17NO/c1-11-5-2-3-7-14(11)15-8-4-6-12-9-13(10-17)18-16(12)15/h2-8,13H,9-10,17H2,1H3/t13-/m1/s1. The summed E-state index contributed by atoms with van der Waals surface area (Å²) in [6, 6.07) is 14.8. The van der Waals surface area contributed by atoms with Gasteiger partial charge in [0, 0.05) is 18.5 Å². The van der Waals surface area contributed by atoms with Crippen LogP contribution in [0, 0.1) is 6.92 Å². The molecule has 2 aromatic rings. The zero-order valence-electron chi connectivity index (χ0n) is 10.5. The van der Waals surface area contributed by atoms with Crippen LogP contribution in [-0.4, -0.2) is 12.6 Å². The Bertz CT molecular complexity index is 577. The van der Waals surface area contributed by atoms with Gasteiger partial charge in [0.15, 0.2) is 0 Å². The summed E-state index contributed by atoms with van der Waals surface area (Å²) >= 11 is 0. The number of benzene rings is 2. The Morgan fingerprint density at radius 3 is 2.67 bits per heavy atom. The Labute approximate surface area is 107 Å². The van der Waals surface area contributed by atoms with Crippen LogP contribution in [0.1, 0.15) is 11.1 Å². The second-order valence-corrected chi connectivity index (χ2v) is 4.79. The Hall–Kier alpha value is -1.80. The summed E-state index contributed by atoms with van der Waals surface area (Å²) in [6.07, 6.45) is 1.05. The van der Waals surface area contributed by atoms with Crippen LogP contribution in [0.15, 0.2) is 42.5 Å². The number of hydrogen-bond acceptors (Lipinski definition) is 2. The van der Waals surface area contributed by atoms with Gasteiger partial charge in [-0.1, -0.05) is 42.5 Å². The lowest BCUT2D eigenvalue weighted by molar-refractivity contribution is 0.242. The van der Waals surface area contributed by atoms with Crippen molar-refractivity contribution in [1.82, 2.24) is 0 Å². The summed E-state index contributed by atoms with van der Waals surface area (Å²) in [5, 5.41) is 0. The van der Waals surface area contributed by atoms with Crippen molar-refractivity contribution in [2.45, 2.75) is 19.4 Å². The van der Waals surface area contributed by atoms with Gasteiger partial charge in [0.1, 0.15) is 11.9 Å². The predicted octanol–water partition coefficient (Wildman–Crippen LogP) is 2.92. The van der Waals surface area contributed by atoms with Crippen molar-refractivity contribution in [3.63, 3.8) is 0 Å². The third-order valence-electron chi connectivity index (χ3n) is 3.53. The highest BCUT2D eigenvalue weighted by molar-refractivity contribution is 5.75. The van der Waals surface area contributed by atoms with E-state index in [0.29, 0.717) is 6.54 Å². The van der Waals surface area contributed by atoms with Crippen LogP contribution in [0.4, 0.5) is 0 Å². The van der Waals surface area contributed by atoms with E-state index in [9.17, 15) is 0 Å². The summed E-state index contributed by atoms with van der Waals surface area (Å²) in [5.41, 5.74) is 10.7. The molecule has 0 spiro atoms. The molecule has 92 valence electrons. The first kappa shape index (κ1) is 11.3. The molecule has 1 aliphatic heterocycles. The van der Waals surface area contributed by atoms with Gasteiger partial charge in [-0.25, -0.2) is 0 Å². The zero-order chi connectivity index (χ0) is 12.5. The van der Waals surface area contributed by atoms with Crippen molar-refractivity contribution in [1.29, 1.82) is 0 Å². The Morgan fingerprint density at radius 1 is 1.11 bits per heavy atom. The molecule has 0 aromatic heterocycles. The second-order valence-electron chi connectivity index (χ2n) is 4.79. The topological polar surface area (TPSA) is 35.2 Å². The molecular formula is C16H17NO. The molecule has 0 aliphatic carbocycles. The predicted molar refractivity (Wildman–Crippen MR) is 73.8 cm³/mol. The Balaban J connectivity index is 2.11. The fourth-order valence-electron chi connectivity index (χ4n) is 2.56. The number of fused-ring (bicyclic) bond motifs is 1. The third kappa shape index (κ3) is 1.79. The van der Waals surface area contributed by atoms with E-state index in [1.165, 1.54) is 22.3 Å². The molecule has 18 heavy (non-hydrogen) atoms. The maximum absolute atomic E-state index is 5.97. The first-order valence-electron chi connectivity index (χ1n) is 6.34. The largest absolute Gasteiger partial charge is 0.488 e. The van der Waals surface area contributed by atoms with Gasteiger partial charge in [-0.3, -0.25) is 0 Å². The van der Waals surface area contributed by atoms with Gasteiger partial charge < -0.3 is 10.5 Å². The van der Waals surface area contributed by atoms with Crippen LogP contribution in [0.2, 0.25) is 0 Å². The molecule has 0 fully saturated rings. The summed E-state index contributed by atoms with van der Waals surface area (Å²) in [4.78, 5) is 0. The molecule has 0 saturated carbocycles. The lowest BCUT2D eigenvalue weighted by atomic mass is 9.97. The molecule has 2 aromatic carbocycles. The van der Waals surface area contributed by atoms with Crippen molar-refractivity contribution in [3.05, 3.63) is 53.6 Å². The van der Waals surface area contributed by atoms with E-state index in [4.69, 9.17) is 10.5 Å². The number of hydrogen-bond donors (Lipinski definition) is 1. The smallest absolute Gasteiger partial charge is 0.130 e. The van der Waals surface area contributed by atoms with E-state index in [-0.39, 0.29) is 6.10 Å². The van der Waals surface area contributed by atoms with Gasteiger partial charge in [-0.2, -0.15) is 0 Å². The van der Waals surface area contributed by atoms with Crippen LogP contribution in [0.25, 0.3) is 11.1 Å². The minimum atomic E-state index is 0.130. The van der Waals surface area contributed by atoms with E-state index in [2.05, 4.69) is 49.4 Å². The van der Waals surface area contributed by atoms with Crippen LogP contribution in [-0.2, 0) is 6.42 Å². The third-order valence-corrected chi connectivity index (χ3v) is 3.53. The van der Waals surface area contributed by atoms with Crippen molar-refractivity contribution in [2.24, 2.45) is 5.73 Å². The molecule has 0 radical (unpaired) electrons. The molecule has 3 rings (SSSR count). The average Bonchev–Trinajstić information content (AvgIpc) is 2.82. The lowest BCUT2D eigenvalue weighted by Crippen LogP contribution is -2.24. The highest BCUT2D eigenvalue weighted by Crippen LogP contribution is 2.39. The monoisotopic (exact) mass is 239 g/mol. The summed E-state index contributed by atoms with van der Waals surface area (Å²) < 4.78 is 5.97. The normalized spacial score (nSPS) is 17.3. The van der Waals surface area contributed by atoms with Gasteiger partial charge in [-0.05, 0) is 23.6 Å². The molecule has 1 atom stereocenters. The van der Waals surface area contributed by atoms with E-state index in [1.54, 1.807) is 0 Å². The van der Waals surface area contributed by atoms with E-state index in [1.807, 2.05) is 0 Å². The van der Waals surface area contributed by atoms with Gasteiger partial charge in [0.05, 0.1) is 0 Å². The summed E-state index contributed by atoms with van der Waals surface area (Å²) in [7, 11) is 0.